The number of imidazole rings is 1. The predicted molar refractivity (Wildman–Crippen MR) is 89.1 cm³/mol. The first-order valence-corrected chi connectivity index (χ1v) is 7.42. The molecule has 0 fully saturated rings. The van der Waals surface area contributed by atoms with E-state index in [0.717, 1.165) is 12.1 Å². The lowest BCUT2D eigenvalue weighted by atomic mass is 10.1. The molecule has 0 spiro atoms. The Morgan fingerprint density at radius 1 is 1.17 bits per heavy atom. The third kappa shape index (κ3) is 3.60. The van der Waals surface area contributed by atoms with Crippen LogP contribution in [0.4, 0.5) is 5.95 Å². The van der Waals surface area contributed by atoms with E-state index in [0.29, 0.717) is 29.7 Å². The van der Waals surface area contributed by atoms with E-state index >= 15 is 0 Å². The number of nitrogens with one attached hydrogen (secondary N) is 1. The largest absolute Gasteiger partial charge is 0.493 e. The van der Waals surface area contributed by atoms with Crippen molar-refractivity contribution in [1.29, 1.82) is 0 Å². The van der Waals surface area contributed by atoms with Gasteiger partial charge in [-0.25, -0.2) is 9.97 Å². The number of hydrogen-bond acceptors (Lipinski definition) is 7. The lowest BCUT2D eigenvalue weighted by Gasteiger charge is -2.10. The molecule has 124 valence electrons. The van der Waals surface area contributed by atoms with Crippen LogP contribution in [0.5, 0.6) is 11.5 Å². The van der Waals surface area contributed by atoms with Gasteiger partial charge < -0.3 is 19.4 Å². The fourth-order valence-electron chi connectivity index (χ4n) is 2.23. The Hall–Kier alpha value is -3.16. The molecule has 1 N–H and O–H groups in total. The number of nitrogens with zero attached hydrogens (tertiary/aromatic N) is 5. The maximum Gasteiger partial charge on any atom is 0.243 e. The highest BCUT2D eigenvalue weighted by Gasteiger charge is 2.08. The molecule has 8 heteroatoms. The van der Waals surface area contributed by atoms with Gasteiger partial charge in [-0.05, 0) is 18.2 Å². The Bertz CT molecular complexity index is 791. The second kappa shape index (κ2) is 7.40. The summed E-state index contributed by atoms with van der Waals surface area (Å²) in [7, 11) is 3.20. The quantitative estimate of drug-likeness (QED) is 0.709. The third-order valence-electron chi connectivity index (χ3n) is 3.45. The zero-order valence-electron chi connectivity index (χ0n) is 13.5. The Balaban J connectivity index is 1.72. The van der Waals surface area contributed by atoms with Crippen molar-refractivity contribution in [3.63, 3.8) is 0 Å². The lowest BCUT2D eigenvalue weighted by molar-refractivity contribution is 0.355. The number of rotatable bonds is 7. The molecule has 2 heterocycles. The van der Waals surface area contributed by atoms with Gasteiger partial charge >= 0.3 is 0 Å². The van der Waals surface area contributed by atoms with E-state index < -0.39 is 0 Å². The van der Waals surface area contributed by atoms with Crippen LogP contribution in [0.2, 0.25) is 0 Å². The molecule has 8 nitrogen and oxygen atoms in total. The molecule has 0 aliphatic carbocycles. The van der Waals surface area contributed by atoms with Crippen LogP contribution >= 0.6 is 0 Å². The van der Waals surface area contributed by atoms with Crippen molar-refractivity contribution in [2.24, 2.45) is 0 Å². The van der Waals surface area contributed by atoms with Gasteiger partial charge in [-0.1, -0.05) is 0 Å². The average molecular weight is 326 g/mol. The summed E-state index contributed by atoms with van der Waals surface area (Å²) in [6, 6.07) is 5.60. The zero-order valence-corrected chi connectivity index (χ0v) is 13.5. The SMILES string of the molecule is COc1ccc(-c2cnnc(NCCn3ccnc3)n2)cc1OC. The molecule has 0 saturated carbocycles. The zero-order chi connectivity index (χ0) is 16.8. The summed E-state index contributed by atoms with van der Waals surface area (Å²) >= 11 is 0. The van der Waals surface area contributed by atoms with E-state index in [-0.39, 0.29) is 0 Å². The molecule has 0 radical (unpaired) electrons. The number of anilines is 1. The van der Waals surface area contributed by atoms with Crippen molar-refractivity contribution in [3.8, 4) is 22.8 Å². The van der Waals surface area contributed by atoms with Crippen molar-refractivity contribution in [2.45, 2.75) is 6.54 Å². The Morgan fingerprint density at radius 2 is 2.04 bits per heavy atom. The maximum absolute atomic E-state index is 5.32. The number of aromatic nitrogens is 5. The van der Waals surface area contributed by atoms with Crippen molar-refractivity contribution in [3.05, 3.63) is 43.1 Å². The predicted octanol–water partition coefficient (Wildman–Crippen LogP) is 1.86. The van der Waals surface area contributed by atoms with E-state index in [1.165, 1.54) is 0 Å². The summed E-state index contributed by atoms with van der Waals surface area (Å²) in [5.74, 6) is 1.78. The normalized spacial score (nSPS) is 10.4. The van der Waals surface area contributed by atoms with Gasteiger partial charge in [0.1, 0.15) is 0 Å². The van der Waals surface area contributed by atoms with Gasteiger partial charge in [0, 0.05) is 31.0 Å². The summed E-state index contributed by atoms with van der Waals surface area (Å²) < 4.78 is 12.5. The molecule has 0 amide bonds. The highest BCUT2D eigenvalue weighted by atomic mass is 16.5. The van der Waals surface area contributed by atoms with Crippen LogP contribution in [0.15, 0.2) is 43.1 Å². The van der Waals surface area contributed by atoms with Crippen LogP contribution in [0, 0.1) is 0 Å². The highest BCUT2D eigenvalue weighted by molar-refractivity contribution is 5.63. The summed E-state index contributed by atoms with van der Waals surface area (Å²) in [6.45, 7) is 1.44. The molecule has 3 rings (SSSR count). The topological polar surface area (TPSA) is 87.0 Å². The minimum absolute atomic E-state index is 0.474. The van der Waals surface area contributed by atoms with Crippen LogP contribution in [-0.4, -0.2) is 45.5 Å². The minimum Gasteiger partial charge on any atom is -0.493 e. The minimum atomic E-state index is 0.474. The second-order valence-corrected chi connectivity index (χ2v) is 4.96. The molecule has 0 atom stereocenters. The van der Waals surface area contributed by atoms with Crippen molar-refractivity contribution >= 4 is 5.95 Å². The van der Waals surface area contributed by atoms with Gasteiger partial charge in [0.25, 0.3) is 0 Å². The Morgan fingerprint density at radius 3 is 2.79 bits per heavy atom. The van der Waals surface area contributed by atoms with E-state index in [4.69, 9.17) is 9.47 Å². The fraction of sp³-hybridized carbons (Fsp3) is 0.250. The maximum atomic E-state index is 5.32. The molecule has 3 aromatic rings. The van der Waals surface area contributed by atoms with Gasteiger partial charge in [0.05, 0.1) is 32.4 Å². The van der Waals surface area contributed by atoms with Crippen LogP contribution in [-0.2, 0) is 6.54 Å². The fourth-order valence-corrected chi connectivity index (χ4v) is 2.23. The van der Waals surface area contributed by atoms with Crippen LogP contribution in [0.3, 0.4) is 0 Å². The molecule has 2 aromatic heterocycles. The first-order chi connectivity index (χ1) is 11.8. The van der Waals surface area contributed by atoms with Crippen LogP contribution in [0.25, 0.3) is 11.3 Å². The molecule has 0 unspecified atom stereocenters. The third-order valence-corrected chi connectivity index (χ3v) is 3.45. The van der Waals surface area contributed by atoms with E-state index in [1.54, 1.807) is 32.9 Å². The Labute approximate surface area is 139 Å². The van der Waals surface area contributed by atoms with Crippen LogP contribution in [0.1, 0.15) is 0 Å². The molecule has 0 bridgehead atoms. The van der Waals surface area contributed by atoms with Gasteiger partial charge in [0.15, 0.2) is 11.5 Å². The smallest absolute Gasteiger partial charge is 0.243 e. The van der Waals surface area contributed by atoms with Gasteiger partial charge in [0.2, 0.25) is 5.95 Å². The number of methoxy groups -OCH3 is 2. The molecule has 0 aliphatic heterocycles. The number of ether oxygens (including phenoxy) is 2. The van der Waals surface area contributed by atoms with Crippen molar-refractivity contribution in [1.82, 2.24) is 24.7 Å². The molecular weight excluding hydrogens is 308 g/mol. The lowest BCUT2D eigenvalue weighted by Crippen LogP contribution is -2.12. The first kappa shape index (κ1) is 15.7. The summed E-state index contributed by atoms with van der Waals surface area (Å²) in [5.41, 5.74) is 1.58. The summed E-state index contributed by atoms with van der Waals surface area (Å²) in [6.07, 6.45) is 7.03. The number of benzene rings is 1. The highest BCUT2D eigenvalue weighted by Crippen LogP contribution is 2.31. The second-order valence-electron chi connectivity index (χ2n) is 4.96. The first-order valence-electron chi connectivity index (χ1n) is 7.42. The Kier molecular flexibility index (Phi) is 4.85. The molecule has 0 aliphatic rings. The average Bonchev–Trinajstić information content (AvgIpc) is 3.15. The monoisotopic (exact) mass is 326 g/mol. The molecular formula is C16H18N6O2. The van der Waals surface area contributed by atoms with Crippen molar-refractivity contribution < 1.29 is 9.47 Å². The molecule has 1 aromatic carbocycles. The van der Waals surface area contributed by atoms with Crippen molar-refractivity contribution in [2.75, 3.05) is 26.1 Å². The van der Waals surface area contributed by atoms with E-state index in [1.807, 2.05) is 29.0 Å². The van der Waals surface area contributed by atoms with Crippen LogP contribution < -0.4 is 14.8 Å². The van der Waals surface area contributed by atoms with E-state index in [2.05, 4.69) is 25.5 Å². The molecule has 24 heavy (non-hydrogen) atoms. The van der Waals surface area contributed by atoms with Gasteiger partial charge in [-0.15, -0.1) is 5.10 Å². The van der Waals surface area contributed by atoms with Gasteiger partial charge in [-0.3, -0.25) is 0 Å². The standard InChI is InChI=1S/C16H18N6O2/c1-23-14-4-3-12(9-15(14)24-2)13-10-19-21-16(20-13)18-6-8-22-7-5-17-11-22/h3-5,7,9-11H,6,8H2,1-2H3,(H,18,20,21). The summed E-state index contributed by atoms with van der Waals surface area (Å²) in [5, 5.41) is 11.2. The van der Waals surface area contributed by atoms with Gasteiger partial charge in [-0.2, -0.15) is 5.10 Å². The molecule has 0 saturated heterocycles. The van der Waals surface area contributed by atoms with E-state index in [9.17, 15) is 0 Å². The summed E-state index contributed by atoms with van der Waals surface area (Å²) in [4.78, 5) is 8.49. The number of hydrogen-bond donors (Lipinski definition) is 1.